The van der Waals surface area contributed by atoms with Gasteiger partial charge in [-0.15, -0.1) is 16.7 Å². The SMILES string of the molecule is CCCC(Cl)CNc1nncc2ccccc12. The molecular formula is C13H16ClN3. The zero-order chi connectivity index (χ0) is 12.1. The molecule has 0 aliphatic carbocycles. The first-order chi connectivity index (χ1) is 8.31. The van der Waals surface area contributed by atoms with Crippen molar-refractivity contribution in [1.82, 2.24) is 10.2 Å². The van der Waals surface area contributed by atoms with Gasteiger partial charge in [0.25, 0.3) is 0 Å². The zero-order valence-corrected chi connectivity index (χ0v) is 10.6. The average molecular weight is 250 g/mol. The number of anilines is 1. The average Bonchev–Trinajstić information content (AvgIpc) is 2.36. The van der Waals surface area contributed by atoms with Crippen LogP contribution in [-0.4, -0.2) is 22.1 Å². The molecule has 0 spiro atoms. The summed E-state index contributed by atoms with van der Waals surface area (Å²) in [5.41, 5.74) is 0. The molecule has 1 heterocycles. The highest BCUT2D eigenvalue weighted by Crippen LogP contribution is 2.19. The first-order valence-corrected chi connectivity index (χ1v) is 6.33. The van der Waals surface area contributed by atoms with E-state index in [0.717, 1.165) is 36.0 Å². The second-order valence-corrected chi connectivity index (χ2v) is 4.66. The van der Waals surface area contributed by atoms with E-state index in [1.807, 2.05) is 24.3 Å². The highest BCUT2D eigenvalue weighted by atomic mass is 35.5. The van der Waals surface area contributed by atoms with Crippen molar-refractivity contribution in [2.75, 3.05) is 11.9 Å². The highest BCUT2D eigenvalue weighted by Gasteiger charge is 2.06. The van der Waals surface area contributed by atoms with Crippen LogP contribution in [0.15, 0.2) is 30.5 Å². The van der Waals surface area contributed by atoms with Crippen LogP contribution in [0.25, 0.3) is 10.8 Å². The topological polar surface area (TPSA) is 37.8 Å². The minimum Gasteiger partial charge on any atom is -0.367 e. The Bertz CT molecular complexity index is 482. The van der Waals surface area contributed by atoms with Crippen molar-refractivity contribution in [2.45, 2.75) is 25.1 Å². The molecule has 2 rings (SSSR count). The fourth-order valence-corrected chi connectivity index (χ4v) is 2.08. The Morgan fingerprint density at radius 2 is 2.18 bits per heavy atom. The van der Waals surface area contributed by atoms with E-state index < -0.39 is 0 Å². The summed E-state index contributed by atoms with van der Waals surface area (Å²) in [5, 5.41) is 13.7. The Morgan fingerprint density at radius 1 is 1.35 bits per heavy atom. The van der Waals surface area contributed by atoms with Crippen LogP contribution < -0.4 is 5.32 Å². The van der Waals surface area contributed by atoms with Gasteiger partial charge < -0.3 is 5.32 Å². The van der Waals surface area contributed by atoms with Gasteiger partial charge in [-0.3, -0.25) is 0 Å². The zero-order valence-electron chi connectivity index (χ0n) is 9.86. The molecule has 1 atom stereocenters. The van der Waals surface area contributed by atoms with Crippen LogP contribution in [0, 0.1) is 0 Å². The molecule has 4 heteroatoms. The third-order valence-electron chi connectivity index (χ3n) is 2.66. The normalized spacial score (nSPS) is 12.6. The molecule has 2 aromatic rings. The van der Waals surface area contributed by atoms with E-state index in [2.05, 4.69) is 22.4 Å². The van der Waals surface area contributed by atoms with Crippen LogP contribution in [0.2, 0.25) is 0 Å². The van der Waals surface area contributed by atoms with E-state index in [-0.39, 0.29) is 5.38 Å². The molecule has 3 nitrogen and oxygen atoms in total. The molecule has 1 N–H and O–H groups in total. The van der Waals surface area contributed by atoms with Crippen molar-refractivity contribution in [3.63, 3.8) is 0 Å². The lowest BCUT2D eigenvalue weighted by Crippen LogP contribution is -2.15. The Balaban J connectivity index is 2.13. The van der Waals surface area contributed by atoms with Gasteiger partial charge in [-0.25, -0.2) is 0 Å². The predicted octanol–water partition coefficient (Wildman–Crippen LogP) is 3.45. The molecule has 0 aliphatic heterocycles. The van der Waals surface area contributed by atoms with Gasteiger partial charge in [-0.2, -0.15) is 5.10 Å². The third kappa shape index (κ3) is 3.07. The van der Waals surface area contributed by atoms with Crippen molar-refractivity contribution < 1.29 is 0 Å². The van der Waals surface area contributed by atoms with Gasteiger partial charge in [0.05, 0.1) is 11.6 Å². The molecule has 1 aromatic heterocycles. The number of benzene rings is 1. The fraction of sp³-hybridized carbons (Fsp3) is 0.385. The summed E-state index contributed by atoms with van der Waals surface area (Å²) in [6, 6.07) is 8.06. The van der Waals surface area contributed by atoms with Crippen LogP contribution >= 0.6 is 11.6 Å². The van der Waals surface area contributed by atoms with Gasteiger partial charge in [0.15, 0.2) is 5.82 Å². The highest BCUT2D eigenvalue weighted by molar-refractivity contribution is 6.20. The molecule has 0 saturated heterocycles. The van der Waals surface area contributed by atoms with E-state index in [1.54, 1.807) is 6.20 Å². The van der Waals surface area contributed by atoms with Crippen LogP contribution in [-0.2, 0) is 0 Å². The lowest BCUT2D eigenvalue weighted by atomic mass is 10.2. The number of nitrogens with zero attached hydrogens (tertiary/aromatic N) is 2. The molecule has 17 heavy (non-hydrogen) atoms. The molecule has 90 valence electrons. The summed E-state index contributed by atoms with van der Waals surface area (Å²) in [5.74, 6) is 0.810. The largest absolute Gasteiger partial charge is 0.367 e. The van der Waals surface area contributed by atoms with Gasteiger partial charge in [-0.1, -0.05) is 37.6 Å². The number of aromatic nitrogens is 2. The van der Waals surface area contributed by atoms with Crippen LogP contribution in [0.1, 0.15) is 19.8 Å². The number of rotatable bonds is 5. The molecule has 0 saturated carbocycles. The summed E-state index contributed by atoms with van der Waals surface area (Å²) in [6.07, 6.45) is 3.87. The molecule has 0 bridgehead atoms. The monoisotopic (exact) mass is 249 g/mol. The predicted molar refractivity (Wildman–Crippen MR) is 72.6 cm³/mol. The maximum absolute atomic E-state index is 6.17. The third-order valence-corrected chi connectivity index (χ3v) is 3.04. The Kier molecular flexibility index (Phi) is 4.15. The van der Waals surface area contributed by atoms with Crippen molar-refractivity contribution in [2.24, 2.45) is 0 Å². The lowest BCUT2D eigenvalue weighted by Gasteiger charge is -2.11. The number of alkyl halides is 1. The first-order valence-electron chi connectivity index (χ1n) is 5.89. The quantitative estimate of drug-likeness (QED) is 0.825. The minimum absolute atomic E-state index is 0.140. The molecule has 0 radical (unpaired) electrons. The maximum atomic E-state index is 6.17. The van der Waals surface area contributed by atoms with E-state index in [1.165, 1.54) is 0 Å². The molecular weight excluding hydrogens is 234 g/mol. The Labute approximate surface area is 106 Å². The molecule has 0 amide bonds. The summed E-state index contributed by atoms with van der Waals surface area (Å²) in [7, 11) is 0. The van der Waals surface area contributed by atoms with E-state index in [4.69, 9.17) is 11.6 Å². The standard InChI is InChI=1S/C13H16ClN3/c1-2-5-11(14)9-15-13-12-7-4-3-6-10(12)8-16-17-13/h3-4,6-8,11H,2,5,9H2,1H3,(H,15,17). The van der Waals surface area contributed by atoms with Gasteiger partial charge in [0, 0.05) is 17.3 Å². The summed E-state index contributed by atoms with van der Waals surface area (Å²) >= 11 is 6.17. The van der Waals surface area contributed by atoms with Gasteiger partial charge >= 0.3 is 0 Å². The number of halogens is 1. The van der Waals surface area contributed by atoms with Gasteiger partial charge in [-0.05, 0) is 6.42 Å². The second-order valence-electron chi connectivity index (χ2n) is 4.05. The smallest absolute Gasteiger partial charge is 0.156 e. The number of hydrogen-bond acceptors (Lipinski definition) is 3. The fourth-order valence-electron chi connectivity index (χ4n) is 1.78. The lowest BCUT2D eigenvalue weighted by molar-refractivity contribution is 0.750. The Morgan fingerprint density at radius 3 is 3.00 bits per heavy atom. The maximum Gasteiger partial charge on any atom is 0.156 e. The van der Waals surface area contributed by atoms with Crippen LogP contribution in [0.5, 0.6) is 0 Å². The summed E-state index contributed by atoms with van der Waals surface area (Å²) in [6.45, 7) is 2.85. The van der Waals surface area contributed by atoms with Crippen molar-refractivity contribution >= 4 is 28.2 Å². The summed E-state index contributed by atoms with van der Waals surface area (Å²) < 4.78 is 0. The molecule has 1 aromatic carbocycles. The van der Waals surface area contributed by atoms with Crippen molar-refractivity contribution in [3.8, 4) is 0 Å². The molecule has 1 unspecified atom stereocenters. The van der Waals surface area contributed by atoms with Gasteiger partial charge in [0.1, 0.15) is 0 Å². The summed E-state index contributed by atoms with van der Waals surface area (Å²) in [4.78, 5) is 0. The van der Waals surface area contributed by atoms with Crippen molar-refractivity contribution in [1.29, 1.82) is 0 Å². The first kappa shape index (κ1) is 12.1. The van der Waals surface area contributed by atoms with Crippen molar-refractivity contribution in [3.05, 3.63) is 30.5 Å². The molecule has 0 aliphatic rings. The number of nitrogens with one attached hydrogen (secondary N) is 1. The number of hydrogen-bond donors (Lipinski definition) is 1. The van der Waals surface area contributed by atoms with E-state index in [9.17, 15) is 0 Å². The minimum atomic E-state index is 0.140. The number of fused-ring (bicyclic) bond motifs is 1. The second kappa shape index (κ2) is 5.82. The van der Waals surface area contributed by atoms with E-state index in [0.29, 0.717) is 0 Å². The van der Waals surface area contributed by atoms with Crippen LogP contribution in [0.4, 0.5) is 5.82 Å². The van der Waals surface area contributed by atoms with Crippen LogP contribution in [0.3, 0.4) is 0 Å². The Hall–Kier alpha value is -1.35. The molecule has 0 fully saturated rings. The van der Waals surface area contributed by atoms with E-state index >= 15 is 0 Å². The van der Waals surface area contributed by atoms with Gasteiger partial charge in [0.2, 0.25) is 0 Å².